The van der Waals surface area contributed by atoms with E-state index < -0.39 is 0 Å². The summed E-state index contributed by atoms with van der Waals surface area (Å²) < 4.78 is 0. The van der Waals surface area contributed by atoms with Crippen molar-refractivity contribution in [1.82, 2.24) is 4.90 Å². The molecule has 6 heteroatoms. The Morgan fingerprint density at radius 2 is 2.19 bits per heavy atom. The molecule has 1 aliphatic rings. The monoisotopic (exact) mass is 323 g/mol. The lowest BCUT2D eigenvalue weighted by Crippen LogP contribution is -2.41. The van der Waals surface area contributed by atoms with Crippen LogP contribution in [0.5, 0.6) is 0 Å². The zero-order valence-corrected chi connectivity index (χ0v) is 13.8. The van der Waals surface area contributed by atoms with Gasteiger partial charge in [-0.3, -0.25) is 9.69 Å². The van der Waals surface area contributed by atoms with Gasteiger partial charge in [0.05, 0.1) is 0 Å². The highest BCUT2D eigenvalue weighted by molar-refractivity contribution is 7.99. The van der Waals surface area contributed by atoms with Gasteiger partial charge in [0.1, 0.15) is 4.99 Å². The minimum Gasteiger partial charge on any atom is -0.389 e. The molecule has 4 nitrogen and oxygen atoms in total. The van der Waals surface area contributed by atoms with Gasteiger partial charge in [-0.2, -0.15) is 11.8 Å². The highest BCUT2D eigenvalue weighted by Crippen LogP contribution is 2.16. The van der Waals surface area contributed by atoms with E-state index in [1.165, 1.54) is 0 Å². The fourth-order valence-corrected chi connectivity index (χ4v) is 3.50. The van der Waals surface area contributed by atoms with Crippen LogP contribution in [0, 0.1) is 0 Å². The van der Waals surface area contributed by atoms with Crippen LogP contribution < -0.4 is 11.1 Å². The van der Waals surface area contributed by atoms with E-state index in [-0.39, 0.29) is 5.91 Å². The fraction of sp³-hybridized carbons (Fsp3) is 0.467. The molecule has 1 atom stereocenters. The molecular weight excluding hydrogens is 302 g/mol. The maximum Gasteiger partial charge on any atom is 0.225 e. The smallest absolute Gasteiger partial charge is 0.225 e. The number of carbonyl (C=O) groups is 1. The summed E-state index contributed by atoms with van der Waals surface area (Å²) in [6.45, 7) is 4.11. The van der Waals surface area contributed by atoms with Crippen LogP contribution in [0.4, 0.5) is 5.69 Å². The molecule has 21 heavy (non-hydrogen) atoms. The molecule has 2 rings (SSSR count). The molecule has 114 valence electrons. The molecule has 1 aliphatic heterocycles. The molecule has 1 aromatic rings. The number of thioether (sulfide) groups is 1. The third-order valence-electron chi connectivity index (χ3n) is 3.58. The van der Waals surface area contributed by atoms with Gasteiger partial charge in [-0.05, 0) is 31.2 Å². The van der Waals surface area contributed by atoms with E-state index in [9.17, 15) is 4.79 Å². The average Bonchev–Trinajstić information content (AvgIpc) is 2.47. The lowest BCUT2D eigenvalue weighted by molar-refractivity contribution is -0.116. The third-order valence-corrected chi connectivity index (χ3v) is 5.01. The molecule has 3 N–H and O–H groups in total. The summed E-state index contributed by atoms with van der Waals surface area (Å²) in [4.78, 5) is 14.7. The van der Waals surface area contributed by atoms with Crippen LogP contribution in [0.1, 0.15) is 18.9 Å². The maximum atomic E-state index is 12.0. The number of nitrogens with zero attached hydrogens (tertiary/aromatic N) is 1. The second-order valence-corrected chi connectivity index (χ2v) is 6.79. The Morgan fingerprint density at radius 1 is 1.48 bits per heavy atom. The van der Waals surface area contributed by atoms with Gasteiger partial charge in [0.2, 0.25) is 5.91 Å². The van der Waals surface area contributed by atoms with Gasteiger partial charge in [-0.15, -0.1) is 0 Å². The molecular formula is C15H21N3OS2. The van der Waals surface area contributed by atoms with E-state index in [2.05, 4.69) is 17.1 Å². The van der Waals surface area contributed by atoms with E-state index in [4.69, 9.17) is 18.0 Å². The normalized spacial score (nSPS) is 19.2. The molecule has 0 aromatic heterocycles. The standard InChI is InChI=1S/C15H21N3OS2/c1-11-10-21-9-8-18(11)7-6-14(19)17-13-4-2-12(3-5-13)15(16)20/h2-5,11H,6-10H2,1H3,(H2,16,20)(H,17,19). The number of hydrogen-bond acceptors (Lipinski definition) is 4. The number of hydrogen-bond donors (Lipinski definition) is 2. The van der Waals surface area contributed by atoms with Crippen LogP contribution in [-0.2, 0) is 4.79 Å². The molecule has 0 saturated carbocycles. The molecule has 1 amide bonds. The highest BCUT2D eigenvalue weighted by Gasteiger charge is 2.18. The van der Waals surface area contributed by atoms with Crippen molar-refractivity contribution in [2.45, 2.75) is 19.4 Å². The van der Waals surface area contributed by atoms with Gasteiger partial charge in [-0.25, -0.2) is 0 Å². The van der Waals surface area contributed by atoms with Crippen molar-refractivity contribution in [3.05, 3.63) is 29.8 Å². The SMILES string of the molecule is CC1CSCCN1CCC(=O)Nc1ccc(C(N)=S)cc1. The van der Waals surface area contributed by atoms with Crippen LogP contribution in [0.2, 0.25) is 0 Å². The van der Waals surface area contributed by atoms with Crippen molar-refractivity contribution in [2.75, 3.05) is 29.9 Å². The molecule has 0 bridgehead atoms. The Balaban J connectivity index is 1.80. The quantitative estimate of drug-likeness (QED) is 0.813. The van der Waals surface area contributed by atoms with Crippen molar-refractivity contribution < 1.29 is 4.79 Å². The summed E-state index contributed by atoms with van der Waals surface area (Å²) in [7, 11) is 0. The molecule has 1 heterocycles. The highest BCUT2D eigenvalue weighted by atomic mass is 32.2. The lowest BCUT2D eigenvalue weighted by atomic mass is 10.2. The van der Waals surface area contributed by atoms with Crippen molar-refractivity contribution in [1.29, 1.82) is 0 Å². The number of thiocarbonyl (C=S) groups is 1. The Labute approximate surface area is 135 Å². The van der Waals surface area contributed by atoms with Crippen LogP contribution in [0.3, 0.4) is 0 Å². The van der Waals surface area contributed by atoms with Crippen molar-refractivity contribution in [3.63, 3.8) is 0 Å². The van der Waals surface area contributed by atoms with E-state index >= 15 is 0 Å². The summed E-state index contributed by atoms with van der Waals surface area (Å²) in [5.41, 5.74) is 7.13. The Morgan fingerprint density at radius 3 is 2.81 bits per heavy atom. The van der Waals surface area contributed by atoms with Crippen LogP contribution in [-0.4, -0.2) is 46.4 Å². The lowest BCUT2D eigenvalue weighted by Gasteiger charge is -2.32. The van der Waals surface area contributed by atoms with Gasteiger partial charge in [0.25, 0.3) is 0 Å². The zero-order valence-electron chi connectivity index (χ0n) is 12.2. The van der Waals surface area contributed by atoms with Crippen LogP contribution >= 0.6 is 24.0 Å². The molecule has 1 fully saturated rings. The number of carbonyl (C=O) groups excluding carboxylic acids is 1. The number of nitrogens with one attached hydrogen (secondary N) is 1. The molecule has 1 saturated heterocycles. The Bertz CT molecular complexity index is 504. The van der Waals surface area contributed by atoms with Crippen molar-refractivity contribution in [3.8, 4) is 0 Å². The van der Waals surface area contributed by atoms with Crippen molar-refractivity contribution >= 4 is 40.6 Å². The Kier molecular flexibility index (Phi) is 6.02. The first kappa shape index (κ1) is 16.3. The largest absolute Gasteiger partial charge is 0.389 e. The molecule has 1 aromatic carbocycles. The number of nitrogens with two attached hydrogens (primary N) is 1. The van der Waals surface area contributed by atoms with E-state index in [0.29, 0.717) is 17.5 Å². The number of rotatable bonds is 5. The minimum absolute atomic E-state index is 0.0449. The molecule has 0 radical (unpaired) electrons. The van der Waals surface area contributed by atoms with Gasteiger partial charge in [-0.1, -0.05) is 12.2 Å². The second kappa shape index (κ2) is 7.77. The van der Waals surface area contributed by atoms with Crippen LogP contribution in [0.25, 0.3) is 0 Å². The summed E-state index contributed by atoms with van der Waals surface area (Å²) in [6.07, 6.45) is 0.520. The van der Waals surface area contributed by atoms with Gasteiger partial charge < -0.3 is 11.1 Å². The second-order valence-electron chi connectivity index (χ2n) is 5.20. The average molecular weight is 323 g/mol. The zero-order chi connectivity index (χ0) is 15.2. The van der Waals surface area contributed by atoms with Crippen LogP contribution in [0.15, 0.2) is 24.3 Å². The van der Waals surface area contributed by atoms with Gasteiger partial charge in [0, 0.05) is 48.3 Å². The Hall–Kier alpha value is -1.11. The number of anilines is 1. The summed E-state index contributed by atoms with van der Waals surface area (Å²) in [5.74, 6) is 2.36. The first-order valence-electron chi connectivity index (χ1n) is 7.08. The molecule has 0 aliphatic carbocycles. The summed E-state index contributed by atoms with van der Waals surface area (Å²) in [6, 6.07) is 7.85. The van der Waals surface area contributed by atoms with E-state index in [1.54, 1.807) is 0 Å². The molecule has 1 unspecified atom stereocenters. The first-order valence-corrected chi connectivity index (χ1v) is 8.64. The van der Waals surface area contributed by atoms with Gasteiger partial charge in [0.15, 0.2) is 0 Å². The number of amides is 1. The van der Waals surface area contributed by atoms with Gasteiger partial charge >= 0.3 is 0 Å². The number of benzene rings is 1. The first-order chi connectivity index (χ1) is 10.1. The maximum absolute atomic E-state index is 12.0. The molecule has 0 spiro atoms. The van der Waals surface area contributed by atoms with E-state index in [0.717, 1.165) is 35.8 Å². The predicted octanol–water partition coefficient (Wildman–Crippen LogP) is 2.09. The third kappa shape index (κ3) is 4.98. The summed E-state index contributed by atoms with van der Waals surface area (Å²) >= 11 is 6.89. The topological polar surface area (TPSA) is 58.4 Å². The van der Waals surface area contributed by atoms with Crippen molar-refractivity contribution in [2.24, 2.45) is 5.73 Å². The van der Waals surface area contributed by atoms with E-state index in [1.807, 2.05) is 36.0 Å². The minimum atomic E-state index is 0.0449. The predicted molar refractivity (Wildman–Crippen MR) is 93.9 cm³/mol. The summed E-state index contributed by atoms with van der Waals surface area (Å²) in [5, 5.41) is 2.91. The fourth-order valence-electron chi connectivity index (χ4n) is 2.28.